The lowest BCUT2D eigenvalue weighted by Gasteiger charge is -2.38. The first-order chi connectivity index (χ1) is 13.0. The Morgan fingerprint density at radius 3 is 2.78 bits per heavy atom. The number of rotatable bonds is 3. The summed E-state index contributed by atoms with van der Waals surface area (Å²) in [6.45, 7) is 7.43. The zero-order valence-electron chi connectivity index (χ0n) is 15.8. The third kappa shape index (κ3) is 3.26. The van der Waals surface area contributed by atoms with E-state index >= 15 is 0 Å². The quantitative estimate of drug-likeness (QED) is 0.763. The topological polar surface area (TPSA) is 81.8 Å². The predicted molar refractivity (Wildman–Crippen MR) is 99.8 cm³/mol. The smallest absolute Gasteiger partial charge is 0.255 e. The van der Waals surface area contributed by atoms with E-state index in [2.05, 4.69) is 29.4 Å². The molecule has 0 radical (unpaired) electrons. The zero-order chi connectivity index (χ0) is 19.1. The van der Waals surface area contributed by atoms with Crippen LogP contribution in [0.15, 0.2) is 18.2 Å². The molecule has 0 aromatic heterocycles. The molecule has 0 saturated carbocycles. The second kappa shape index (κ2) is 7.05. The number of benzene rings is 1. The van der Waals surface area contributed by atoms with E-state index in [1.54, 1.807) is 4.90 Å². The lowest BCUT2D eigenvalue weighted by Crippen LogP contribution is -2.55. The van der Waals surface area contributed by atoms with Gasteiger partial charge in [-0.3, -0.25) is 24.6 Å². The van der Waals surface area contributed by atoms with Gasteiger partial charge in [0.1, 0.15) is 6.04 Å². The van der Waals surface area contributed by atoms with Gasteiger partial charge in [-0.1, -0.05) is 18.2 Å². The normalized spacial score (nSPS) is 29.0. The molecule has 144 valence electrons. The van der Waals surface area contributed by atoms with Gasteiger partial charge in [-0.25, -0.2) is 0 Å². The molecule has 7 heteroatoms. The average Bonchev–Trinajstić information content (AvgIpc) is 2.97. The fourth-order valence-corrected chi connectivity index (χ4v) is 4.39. The Balaban J connectivity index is 1.56. The van der Waals surface area contributed by atoms with Crippen molar-refractivity contribution in [2.75, 3.05) is 13.1 Å². The zero-order valence-corrected chi connectivity index (χ0v) is 15.8. The molecule has 1 unspecified atom stereocenters. The molecule has 1 aromatic carbocycles. The third-order valence-corrected chi connectivity index (χ3v) is 6.18. The maximum atomic E-state index is 13.2. The van der Waals surface area contributed by atoms with E-state index in [9.17, 15) is 14.4 Å². The van der Waals surface area contributed by atoms with Gasteiger partial charge < -0.3 is 10.2 Å². The van der Waals surface area contributed by atoms with E-state index in [1.165, 1.54) is 0 Å². The van der Waals surface area contributed by atoms with Crippen LogP contribution in [0.25, 0.3) is 0 Å². The average molecular weight is 370 g/mol. The summed E-state index contributed by atoms with van der Waals surface area (Å²) < 4.78 is 0. The molecule has 3 heterocycles. The molecule has 7 nitrogen and oxygen atoms in total. The fraction of sp³-hybridized carbons (Fsp3) is 0.550. The van der Waals surface area contributed by atoms with Crippen molar-refractivity contribution in [2.45, 2.75) is 57.9 Å². The van der Waals surface area contributed by atoms with Crippen molar-refractivity contribution in [3.63, 3.8) is 0 Å². The van der Waals surface area contributed by atoms with Gasteiger partial charge >= 0.3 is 0 Å². The van der Waals surface area contributed by atoms with Gasteiger partial charge in [0.05, 0.1) is 0 Å². The maximum Gasteiger partial charge on any atom is 0.255 e. The van der Waals surface area contributed by atoms with Gasteiger partial charge in [0.2, 0.25) is 11.8 Å². The molecule has 4 rings (SSSR count). The highest BCUT2D eigenvalue weighted by Crippen LogP contribution is 2.31. The Morgan fingerprint density at radius 1 is 1.19 bits per heavy atom. The number of nitrogens with one attached hydrogen (secondary N) is 2. The van der Waals surface area contributed by atoms with Crippen molar-refractivity contribution in [1.29, 1.82) is 0 Å². The highest BCUT2D eigenvalue weighted by atomic mass is 16.2. The standard InChI is InChI=1S/C20H26N4O3/c1-12-13(2)23(9-8-21-12)10-14-4-3-5-15-11-24(20(27)18(14)15)16-6-7-17(25)22-19(16)26/h3-5,12-13,16,21H,6-11H2,1-2H3,(H,22,25,26)/t12-,13+,16?/m1/s1. The number of piperidine rings is 1. The SMILES string of the molecule is C[C@H]1NCCN(Cc2cccc3c2C(=O)N(C2CCC(=O)NC2=O)C3)[C@H]1C. The first kappa shape index (κ1) is 18.1. The van der Waals surface area contributed by atoms with E-state index in [1.807, 2.05) is 18.2 Å². The Bertz CT molecular complexity index is 793. The van der Waals surface area contributed by atoms with Gasteiger partial charge in [-0.2, -0.15) is 0 Å². The summed E-state index contributed by atoms with van der Waals surface area (Å²) in [6, 6.07) is 6.21. The van der Waals surface area contributed by atoms with Crippen LogP contribution in [-0.4, -0.2) is 58.7 Å². The van der Waals surface area contributed by atoms with Gasteiger partial charge in [-0.15, -0.1) is 0 Å². The molecule has 0 spiro atoms. The van der Waals surface area contributed by atoms with Crippen LogP contribution in [0, 0.1) is 0 Å². The molecule has 3 aliphatic rings. The van der Waals surface area contributed by atoms with Crippen LogP contribution in [0.5, 0.6) is 0 Å². The van der Waals surface area contributed by atoms with E-state index in [4.69, 9.17) is 0 Å². The van der Waals surface area contributed by atoms with Crippen LogP contribution in [-0.2, 0) is 22.7 Å². The summed E-state index contributed by atoms with van der Waals surface area (Å²) in [5, 5.41) is 5.84. The van der Waals surface area contributed by atoms with Gasteiger partial charge in [-0.05, 0) is 31.4 Å². The molecule has 0 bridgehead atoms. The minimum Gasteiger partial charge on any atom is -0.322 e. The van der Waals surface area contributed by atoms with Crippen LogP contribution >= 0.6 is 0 Å². The Morgan fingerprint density at radius 2 is 2.00 bits per heavy atom. The molecule has 2 fully saturated rings. The summed E-state index contributed by atoms with van der Waals surface area (Å²) in [5.41, 5.74) is 2.73. The predicted octanol–water partition coefficient (Wildman–Crippen LogP) is 0.630. The fourth-order valence-electron chi connectivity index (χ4n) is 4.39. The van der Waals surface area contributed by atoms with Crippen molar-refractivity contribution < 1.29 is 14.4 Å². The van der Waals surface area contributed by atoms with Crippen LogP contribution in [0.4, 0.5) is 0 Å². The molecular formula is C20H26N4O3. The van der Waals surface area contributed by atoms with Gasteiger partial charge in [0, 0.05) is 50.2 Å². The lowest BCUT2D eigenvalue weighted by atomic mass is 10.00. The van der Waals surface area contributed by atoms with Crippen molar-refractivity contribution in [3.8, 4) is 0 Å². The Labute approximate surface area is 159 Å². The summed E-state index contributed by atoms with van der Waals surface area (Å²) >= 11 is 0. The molecule has 27 heavy (non-hydrogen) atoms. The second-order valence-corrected chi connectivity index (χ2v) is 7.81. The number of hydrogen-bond acceptors (Lipinski definition) is 5. The van der Waals surface area contributed by atoms with Crippen LogP contribution in [0.1, 0.15) is 48.2 Å². The first-order valence-electron chi connectivity index (χ1n) is 9.68. The minimum absolute atomic E-state index is 0.0917. The molecular weight excluding hydrogens is 344 g/mol. The molecule has 0 aliphatic carbocycles. The highest BCUT2D eigenvalue weighted by Gasteiger charge is 2.40. The molecule has 3 aliphatic heterocycles. The summed E-state index contributed by atoms with van der Waals surface area (Å²) in [4.78, 5) is 40.8. The number of fused-ring (bicyclic) bond motifs is 1. The third-order valence-electron chi connectivity index (χ3n) is 6.18. The molecule has 2 saturated heterocycles. The minimum atomic E-state index is -0.561. The largest absolute Gasteiger partial charge is 0.322 e. The Kier molecular flexibility index (Phi) is 4.74. The highest BCUT2D eigenvalue weighted by molar-refractivity contribution is 6.05. The number of amides is 3. The number of piperazine rings is 1. The van der Waals surface area contributed by atoms with Crippen LogP contribution < -0.4 is 10.6 Å². The maximum absolute atomic E-state index is 13.2. The second-order valence-electron chi connectivity index (χ2n) is 7.81. The van der Waals surface area contributed by atoms with Gasteiger partial charge in [0.15, 0.2) is 0 Å². The monoisotopic (exact) mass is 370 g/mol. The first-order valence-corrected chi connectivity index (χ1v) is 9.68. The van der Waals surface area contributed by atoms with Crippen LogP contribution in [0.2, 0.25) is 0 Å². The lowest BCUT2D eigenvalue weighted by molar-refractivity contribution is -0.136. The van der Waals surface area contributed by atoms with E-state index in [-0.39, 0.29) is 24.1 Å². The van der Waals surface area contributed by atoms with Crippen molar-refractivity contribution in [2.24, 2.45) is 0 Å². The number of carbonyl (C=O) groups excluding carboxylic acids is 3. The van der Waals surface area contributed by atoms with Crippen molar-refractivity contribution in [3.05, 3.63) is 34.9 Å². The molecule has 3 amide bonds. The van der Waals surface area contributed by atoms with Gasteiger partial charge in [0.25, 0.3) is 5.91 Å². The van der Waals surface area contributed by atoms with E-state index in [0.29, 0.717) is 25.0 Å². The van der Waals surface area contributed by atoms with Crippen molar-refractivity contribution in [1.82, 2.24) is 20.4 Å². The van der Waals surface area contributed by atoms with E-state index in [0.717, 1.165) is 36.3 Å². The van der Waals surface area contributed by atoms with Crippen LogP contribution in [0.3, 0.4) is 0 Å². The Hall–Kier alpha value is -2.25. The number of carbonyl (C=O) groups is 3. The number of hydrogen-bond donors (Lipinski definition) is 2. The molecule has 1 aromatic rings. The van der Waals surface area contributed by atoms with E-state index < -0.39 is 6.04 Å². The molecule has 2 N–H and O–H groups in total. The number of imide groups is 1. The summed E-state index contributed by atoms with van der Waals surface area (Å²) in [5.74, 6) is -0.715. The molecule has 3 atom stereocenters. The summed E-state index contributed by atoms with van der Waals surface area (Å²) in [6.07, 6.45) is 0.672. The number of nitrogens with zero attached hydrogens (tertiary/aromatic N) is 2. The van der Waals surface area contributed by atoms with Crippen molar-refractivity contribution >= 4 is 17.7 Å². The summed E-state index contributed by atoms with van der Waals surface area (Å²) in [7, 11) is 0.